The molecular formula is C13H26N2. The van der Waals surface area contributed by atoms with Gasteiger partial charge in [0.1, 0.15) is 0 Å². The van der Waals surface area contributed by atoms with Gasteiger partial charge >= 0.3 is 0 Å². The predicted molar refractivity (Wildman–Crippen MR) is 65.1 cm³/mol. The van der Waals surface area contributed by atoms with Crippen LogP contribution in [0.3, 0.4) is 0 Å². The van der Waals surface area contributed by atoms with Gasteiger partial charge in [0.05, 0.1) is 0 Å². The van der Waals surface area contributed by atoms with Crippen LogP contribution in [0.15, 0.2) is 0 Å². The molecule has 1 N–H and O–H groups in total. The first kappa shape index (κ1) is 11.4. The fourth-order valence-electron chi connectivity index (χ4n) is 2.99. The molecule has 1 atom stereocenters. The zero-order valence-corrected chi connectivity index (χ0v) is 10.2. The monoisotopic (exact) mass is 210 g/mol. The van der Waals surface area contributed by atoms with Gasteiger partial charge in [-0.3, -0.25) is 0 Å². The van der Waals surface area contributed by atoms with Gasteiger partial charge in [-0.2, -0.15) is 0 Å². The van der Waals surface area contributed by atoms with Crippen LogP contribution in [0, 0.1) is 5.92 Å². The van der Waals surface area contributed by atoms with Gasteiger partial charge in [-0.25, -0.2) is 0 Å². The van der Waals surface area contributed by atoms with E-state index in [-0.39, 0.29) is 0 Å². The Kier molecular flexibility index (Phi) is 4.45. The lowest BCUT2D eigenvalue weighted by molar-refractivity contribution is 0.340. The number of hydrogen-bond donors (Lipinski definition) is 1. The van der Waals surface area contributed by atoms with Crippen molar-refractivity contribution in [2.45, 2.75) is 51.0 Å². The topological polar surface area (TPSA) is 15.3 Å². The van der Waals surface area contributed by atoms with Crippen molar-refractivity contribution in [3.8, 4) is 0 Å². The highest BCUT2D eigenvalue weighted by atomic mass is 15.1. The van der Waals surface area contributed by atoms with E-state index in [1.54, 1.807) is 0 Å². The predicted octanol–water partition coefficient (Wildman–Crippen LogP) is 2.25. The summed E-state index contributed by atoms with van der Waals surface area (Å²) in [5.41, 5.74) is 0. The Morgan fingerprint density at radius 1 is 1.00 bits per heavy atom. The molecular weight excluding hydrogens is 184 g/mol. The number of rotatable bonds is 3. The molecule has 2 heteroatoms. The Hall–Kier alpha value is -0.0800. The summed E-state index contributed by atoms with van der Waals surface area (Å²) in [4.78, 5) is 2.47. The van der Waals surface area contributed by atoms with E-state index in [0.29, 0.717) is 0 Å². The molecule has 0 aromatic carbocycles. The molecule has 0 amide bonds. The molecule has 1 aliphatic heterocycles. The van der Waals surface area contributed by atoms with Crippen molar-refractivity contribution in [1.29, 1.82) is 0 Å². The lowest BCUT2D eigenvalue weighted by atomic mass is 10.1. The number of hydrogen-bond acceptors (Lipinski definition) is 2. The molecule has 1 aliphatic carbocycles. The molecule has 2 rings (SSSR count). The van der Waals surface area contributed by atoms with Crippen molar-refractivity contribution >= 4 is 0 Å². The molecule has 2 fully saturated rings. The molecule has 0 spiro atoms. The fraction of sp³-hybridized carbons (Fsp3) is 1.00. The average molecular weight is 210 g/mol. The van der Waals surface area contributed by atoms with Gasteiger partial charge in [-0.05, 0) is 64.7 Å². The Morgan fingerprint density at radius 2 is 1.80 bits per heavy atom. The second-order valence-corrected chi connectivity index (χ2v) is 5.49. The van der Waals surface area contributed by atoms with Crippen LogP contribution in [0.2, 0.25) is 0 Å². The van der Waals surface area contributed by atoms with Crippen LogP contribution in [0.1, 0.15) is 44.9 Å². The molecule has 2 aliphatic rings. The summed E-state index contributed by atoms with van der Waals surface area (Å²) < 4.78 is 0. The molecule has 1 heterocycles. The number of nitrogens with zero attached hydrogens (tertiary/aromatic N) is 1. The van der Waals surface area contributed by atoms with E-state index in [2.05, 4.69) is 17.3 Å². The first-order valence-electron chi connectivity index (χ1n) is 6.76. The normalized spacial score (nSPS) is 30.6. The highest BCUT2D eigenvalue weighted by molar-refractivity contribution is 4.76. The molecule has 0 aromatic rings. The van der Waals surface area contributed by atoms with Crippen LogP contribution in [0.4, 0.5) is 0 Å². The first-order chi connectivity index (χ1) is 7.34. The summed E-state index contributed by atoms with van der Waals surface area (Å²) in [7, 11) is 2.25. The van der Waals surface area contributed by atoms with Crippen LogP contribution >= 0.6 is 0 Å². The highest BCUT2D eigenvalue weighted by Gasteiger charge is 2.18. The molecule has 2 nitrogen and oxygen atoms in total. The second-order valence-electron chi connectivity index (χ2n) is 5.49. The molecule has 15 heavy (non-hydrogen) atoms. The third-order valence-electron chi connectivity index (χ3n) is 4.12. The quantitative estimate of drug-likeness (QED) is 0.768. The molecule has 0 aromatic heterocycles. The molecule has 88 valence electrons. The Morgan fingerprint density at radius 3 is 2.60 bits per heavy atom. The molecule has 1 unspecified atom stereocenters. The highest BCUT2D eigenvalue weighted by Crippen LogP contribution is 2.24. The smallest absolute Gasteiger partial charge is 0.00798 e. The van der Waals surface area contributed by atoms with E-state index >= 15 is 0 Å². The van der Waals surface area contributed by atoms with E-state index in [1.165, 1.54) is 64.6 Å². The van der Waals surface area contributed by atoms with E-state index in [4.69, 9.17) is 0 Å². The maximum absolute atomic E-state index is 3.80. The Labute approximate surface area is 94.4 Å². The lowest BCUT2D eigenvalue weighted by Gasteiger charge is -2.19. The van der Waals surface area contributed by atoms with Crippen LogP contribution in [0.5, 0.6) is 0 Å². The van der Waals surface area contributed by atoms with Gasteiger partial charge in [-0.15, -0.1) is 0 Å². The number of nitrogens with one attached hydrogen (secondary N) is 1. The molecule has 1 saturated heterocycles. The van der Waals surface area contributed by atoms with Gasteiger partial charge in [0.25, 0.3) is 0 Å². The maximum atomic E-state index is 3.80. The minimum Gasteiger partial charge on any atom is -0.314 e. The second kappa shape index (κ2) is 5.86. The van der Waals surface area contributed by atoms with E-state index < -0.39 is 0 Å². The van der Waals surface area contributed by atoms with Crippen LogP contribution in [-0.2, 0) is 0 Å². The summed E-state index contributed by atoms with van der Waals surface area (Å²) in [6.45, 7) is 3.86. The van der Waals surface area contributed by atoms with E-state index in [9.17, 15) is 0 Å². The summed E-state index contributed by atoms with van der Waals surface area (Å²) >= 11 is 0. The standard InChI is InChI=1S/C13H26N2/c1-15-9-4-7-13(8-10-15)14-11-12-5-2-3-6-12/h12-14H,2-11H2,1H3. The number of likely N-dealkylation sites (tertiary alicyclic amines) is 1. The van der Waals surface area contributed by atoms with Crippen molar-refractivity contribution in [1.82, 2.24) is 10.2 Å². The van der Waals surface area contributed by atoms with Gasteiger partial charge in [-0.1, -0.05) is 12.8 Å². The Bertz CT molecular complexity index is 175. The SMILES string of the molecule is CN1CCCC(NCC2CCCC2)CC1. The van der Waals surface area contributed by atoms with Crippen LogP contribution < -0.4 is 5.32 Å². The minimum atomic E-state index is 0.801. The third kappa shape index (κ3) is 3.76. The van der Waals surface area contributed by atoms with Crippen LogP contribution in [-0.4, -0.2) is 37.6 Å². The van der Waals surface area contributed by atoms with E-state index in [1.807, 2.05) is 0 Å². The summed E-state index contributed by atoms with van der Waals surface area (Å²) in [6, 6.07) is 0.801. The maximum Gasteiger partial charge on any atom is 0.00798 e. The van der Waals surface area contributed by atoms with Crippen molar-refractivity contribution in [3.05, 3.63) is 0 Å². The largest absolute Gasteiger partial charge is 0.314 e. The summed E-state index contributed by atoms with van der Waals surface area (Å²) in [5.74, 6) is 0.992. The van der Waals surface area contributed by atoms with Crippen molar-refractivity contribution in [2.24, 2.45) is 5.92 Å². The van der Waals surface area contributed by atoms with Gasteiger partial charge < -0.3 is 10.2 Å². The lowest BCUT2D eigenvalue weighted by Crippen LogP contribution is -2.33. The minimum absolute atomic E-state index is 0.801. The van der Waals surface area contributed by atoms with Crippen molar-refractivity contribution in [3.63, 3.8) is 0 Å². The van der Waals surface area contributed by atoms with Crippen molar-refractivity contribution in [2.75, 3.05) is 26.7 Å². The van der Waals surface area contributed by atoms with Gasteiger partial charge in [0.2, 0.25) is 0 Å². The Balaban J connectivity index is 1.64. The third-order valence-corrected chi connectivity index (χ3v) is 4.12. The molecule has 0 radical (unpaired) electrons. The van der Waals surface area contributed by atoms with Crippen molar-refractivity contribution < 1.29 is 0 Å². The summed E-state index contributed by atoms with van der Waals surface area (Å²) in [5, 5.41) is 3.80. The zero-order chi connectivity index (χ0) is 10.5. The first-order valence-corrected chi connectivity index (χ1v) is 6.76. The fourth-order valence-corrected chi connectivity index (χ4v) is 2.99. The van der Waals surface area contributed by atoms with Gasteiger partial charge in [0.15, 0.2) is 0 Å². The van der Waals surface area contributed by atoms with Crippen LogP contribution in [0.25, 0.3) is 0 Å². The average Bonchev–Trinajstić information content (AvgIpc) is 2.66. The molecule has 0 bridgehead atoms. The zero-order valence-electron chi connectivity index (χ0n) is 10.2. The van der Waals surface area contributed by atoms with E-state index in [0.717, 1.165) is 12.0 Å². The summed E-state index contributed by atoms with van der Waals surface area (Å²) in [6.07, 6.45) is 10.00. The van der Waals surface area contributed by atoms with Gasteiger partial charge in [0, 0.05) is 6.04 Å². The molecule has 1 saturated carbocycles.